The fourth-order valence-electron chi connectivity index (χ4n) is 1.83. The smallest absolute Gasteiger partial charge is 0.253 e. The average Bonchev–Trinajstić information content (AvgIpc) is 2.41. The maximum absolute atomic E-state index is 12.2. The first-order chi connectivity index (χ1) is 9.54. The van der Waals surface area contributed by atoms with Crippen molar-refractivity contribution in [2.75, 3.05) is 30.4 Å². The van der Waals surface area contributed by atoms with Crippen LogP contribution in [0.4, 0.5) is 5.69 Å². The van der Waals surface area contributed by atoms with Crippen molar-refractivity contribution in [3.63, 3.8) is 0 Å². The maximum Gasteiger partial charge on any atom is 0.253 e. The molecule has 0 fully saturated rings. The van der Waals surface area contributed by atoms with Crippen molar-refractivity contribution in [3.05, 3.63) is 29.3 Å². The molecule has 1 aromatic rings. The monoisotopic (exact) mass is 296 g/mol. The van der Waals surface area contributed by atoms with Gasteiger partial charge in [-0.15, -0.1) is 0 Å². The van der Waals surface area contributed by atoms with E-state index in [0.717, 1.165) is 30.6 Å². The first-order valence-electron chi connectivity index (χ1n) is 6.97. The third-order valence-corrected chi connectivity index (χ3v) is 3.74. The second kappa shape index (κ2) is 8.74. The molecule has 1 atom stereocenters. The summed E-state index contributed by atoms with van der Waals surface area (Å²) >= 11 is 0. The molecule has 2 N–H and O–H groups in total. The number of hydrogen-bond acceptors (Lipinski definition) is 3. The highest BCUT2D eigenvalue weighted by Gasteiger charge is 2.10. The van der Waals surface area contributed by atoms with Gasteiger partial charge in [0.25, 0.3) is 5.91 Å². The Morgan fingerprint density at radius 2 is 2.05 bits per heavy atom. The first kappa shape index (κ1) is 16.7. The number of anilines is 1. The van der Waals surface area contributed by atoms with Gasteiger partial charge in [-0.25, -0.2) is 0 Å². The lowest BCUT2D eigenvalue weighted by Crippen LogP contribution is -2.26. The lowest BCUT2D eigenvalue weighted by atomic mass is 10.1. The van der Waals surface area contributed by atoms with Crippen molar-refractivity contribution in [1.82, 2.24) is 5.32 Å². The van der Waals surface area contributed by atoms with E-state index in [9.17, 15) is 9.00 Å². The second-order valence-electron chi connectivity index (χ2n) is 4.86. The van der Waals surface area contributed by atoms with E-state index < -0.39 is 10.8 Å². The van der Waals surface area contributed by atoms with Crippen molar-refractivity contribution in [1.29, 1.82) is 0 Å². The van der Waals surface area contributed by atoms with Gasteiger partial charge in [0.1, 0.15) is 0 Å². The average molecular weight is 296 g/mol. The quantitative estimate of drug-likeness (QED) is 0.724. The molecule has 0 aliphatic heterocycles. The van der Waals surface area contributed by atoms with E-state index in [2.05, 4.69) is 17.6 Å². The highest BCUT2D eigenvalue weighted by molar-refractivity contribution is 7.84. The number of carbonyl (C=O) groups is 1. The number of carbonyl (C=O) groups excluding carboxylic acids is 1. The molecule has 0 aliphatic rings. The maximum atomic E-state index is 12.2. The number of amides is 1. The van der Waals surface area contributed by atoms with Crippen LogP contribution in [0.5, 0.6) is 0 Å². The molecule has 0 spiro atoms. The van der Waals surface area contributed by atoms with E-state index in [1.54, 1.807) is 6.26 Å². The first-order valence-corrected chi connectivity index (χ1v) is 8.70. The van der Waals surface area contributed by atoms with E-state index in [0.29, 0.717) is 17.9 Å². The highest BCUT2D eigenvalue weighted by Crippen LogP contribution is 2.17. The summed E-state index contributed by atoms with van der Waals surface area (Å²) in [5, 5.41) is 6.16. The van der Waals surface area contributed by atoms with Crippen molar-refractivity contribution in [3.8, 4) is 0 Å². The summed E-state index contributed by atoms with van der Waals surface area (Å²) in [4.78, 5) is 12.2. The number of aryl methyl sites for hydroxylation is 1. The summed E-state index contributed by atoms with van der Waals surface area (Å²) in [6.45, 7) is 5.50. The van der Waals surface area contributed by atoms with Gasteiger partial charge in [-0.2, -0.15) is 0 Å². The fraction of sp³-hybridized carbons (Fsp3) is 0.533. The zero-order valence-electron chi connectivity index (χ0n) is 12.5. The topological polar surface area (TPSA) is 58.2 Å². The van der Waals surface area contributed by atoms with Crippen LogP contribution in [0.1, 0.15) is 35.7 Å². The molecule has 0 saturated heterocycles. The normalized spacial score (nSPS) is 11.9. The lowest BCUT2D eigenvalue weighted by molar-refractivity contribution is 0.0954. The Balaban J connectivity index is 2.63. The Bertz CT molecular complexity index is 475. The molecule has 0 aliphatic carbocycles. The van der Waals surface area contributed by atoms with Crippen molar-refractivity contribution >= 4 is 22.4 Å². The van der Waals surface area contributed by atoms with Crippen LogP contribution in [-0.4, -0.2) is 35.2 Å². The van der Waals surface area contributed by atoms with E-state index in [-0.39, 0.29) is 5.91 Å². The van der Waals surface area contributed by atoms with Gasteiger partial charge in [0.2, 0.25) is 0 Å². The van der Waals surface area contributed by atoms with Crippen LogP contribution in [0.2, 0.25) is 0 Å². The molecule has 1 aromatic carbocycles. The minimum Gasteiger partial charge on any atom is -0.384 e. The number of rotatable bonds is 8. The van der Waals surface area contributed by atoms with Crippen LogP contribution in [0, 0.1) is 6.92 Å². The third-order valence-electron chi connectivity index (χ3n) is 2.88. The highest BCUT2D eigenvalue weighted by atomic mass is 32.2. The van der Waals surface area contributed by atoms with Gasteiger partial charge >= 0.3 is 0 Å². The number of benzene rings is 1. The molecule has 4 nitrogen and oxygen atoms in total. The molecular formula is C15H24N2O2S. The minimum atomic E-state index is -0.800. The fourth-order valence-corrected chi connectivity index (χ4v) is 2.39. The van der Waals surface area contributed by atoms with E-state index in [1.807, 2.05) is 25.1 Å². The Labute approximate surface area is 123 Å². The van der Waals surface area contributed by atoms with Gasteiger partial charge in [-0.05, 0) is 37.5 Å². The largest absolute Gasteiger partial charge is 0.384 e. The van der Waals surface area contributed by atoms with Crippen LogP contribution in [-0.2, 0) is 10.8 Å². The van der Waals surface area contributed by atoms with Crippen LogP contribution in [0.25, 0.3) is 0 Å². The molecule has 112 valence electrons. The molecule has 1 amide bonds. The predicted octanol–water partition coefficient (Wildman–Crippen LogP) is 2.32. The second-order valence-corrected chi connectivity index (χ2v) is 6.42. The van der Waals surface area contributed by atoms with Crippen LogP contribution in [0.3, 0.4) is 0 Å². The standard InChI is InChI=1S/C15H24N2O2S/c1-4-8-16-14-11-12(2)6-7-13(14)15(18)17-9-5-10-20(3)19/h6-7,11,16H,4-5,8-10H2,1-3H3,(H,17,18). The molecule has 0 bridgehead atoms. The van der Waals surface area contributed by atoms with Crippen molar-refractivity contribution in [2.45, 2.75) is 26.7 Å². The number of nitrogens with one attached hydrogen (secondary N) is 2. The van der Waals surface area contributed by atoms with Gasteiger partial charge in [0, 0.05) is 41.6 Å². The molecule has 0 aromatic heterocycles. The Hall–Kier alpha value is -1.36. The van der Waals surface area contributed by atoms with E-state index in [1.165, 1.54) is 0 Å². The third kappa shape index (κ3) is 5.74. The predicted molar refractivity (Wildman–Crippen MR) is 85.8 cm³/mol. The SMILES string of the molecule is CCCNc1cc(C)ccc1C(=O)NCCCS(C)=O. The summed E-state index contributed by atoms with van der Waals surface area (Å²) in [6.07, 6.45) is 3.42. The summed E-state index contributed by atoms with van der Waals surface area (Å²) in [5.41, 5.74) is 2.67. The summed E-state index contributed by atoms with van der Waals surface area (Å²) in [6, 6.07) is 5.78. The molecule has 5 heteroatoms. The zero-order chi connectivity index (χ0) is 15.0. The summed E-state index contributed by atoms with van der Waals surface area (Å²) in [7, 11) is -0.800. The van der Waals surface area contributed by atoms with Crippen molar-refractivity contribution in [2.24, 2.45) is 0 Å². The molecular weight excluding hydrogens is 272 g/mol. The van der Waals surface area contributed by atoms with Crippen LogP contribution in [0.15, 0.2) is 18.2 Å². The summed E-state index contributed by atoms with van der Waals surface area (Å²) in [5.74, 6) is 0.542. The molecule has 0 saturated carbocycles. The Kier molecular flexibility index (Phi) is 7.30. The van der Waals surface area contributed by atoms with Gasteiger partial charge in [-0.1, -0.05) is 13.0 Å². The van der Waals surface area contributed by atoms with Gasteiger partial charge in [-0.3, -0.25) is 9.00 Å². The van der Waals surface area contributed by atoms with Crippen LogP contribution < -0.4 is 10.6 Å². The Morgan fingerprint density at radius 1 is 1.30 bits per heavy atom. The molecule has 0 heterocycles. The summed E-state index contributed by atoms with van der Waals surface area (Å²) < 4.78 is 11.0. The van der Waals surface area contributed by atoms with Gasteiger partial charge < -0.3 is 10.6 Å². The van der Waals surface area contributed by atoms with Crippen LogP contribution >= 0.6 is 0 Å². The molecule has 0 radical (unpaired) electrons. The molecule has 1 unspecified atom stereocenters. The number of hydrogen-bond donors (Lipinski definition) is 2. The Morgan fingerprint density at radius 3 is 2.70 bits per heavy atom. The lowest BCUT2D eigenvalue weighted by Gasteiger charge is -2.12. The molecule has 20 heavy (non-hydrogen) atoms. The van der Waals surface area contributed by atoms with Gasteiger partial charge in [0.05, 0.1) is 5.56 Å². The van der Waals surface area contributed by atoms with E-state index >= 15 is 0 Å². The molecule has 1 rings (SSSR count). The van der Waals surface area contributed by atoms with Crippen molar-refractivity contribution < 1.29 is 9.00 Å². The van der Waals surface area contributed by atoms with Gasteiger partial charge in [0.15, 0.2) is 0 Å². The minimum absolute atomic E-state index is 0.0783. The zero-order valence-corrected chi connectivity index (χ0v) is 13.3. The van der Waals surface area contributed by atoms with E-state index in [4.69, 9.17) is 0 Å².